The lowest BCUT2D eigenvalue weighted by molar-refractivity contribution is -0.141. The molecule has 2 aromatic carbocycles. The Morgan fingerprint density at radius 2 is 1.76 bits per heavy atom. The number of halogens is 5. The van der Waals surface area contributed by atoms with Crippen LogP contribution in [0.1, 0.15) is 16.8 Å². The number of thiophene rings is 1. The summed E-state index contributed by atoms with van der Waals surface area (Å²) >= 11 is 1.19. The molecule has 0 aliphatic heterocycles. The molecule has 4 rings (SSSR count). The van der Waals surface area contributed by atoms with Gasteiger partial charge in [-0.1, -0.05) is 24.3 Å². The number of carboxylic acids is 1. The molecule has 10 heteroatoms. The number of nitrogens with zero attached hydrogens (tertiary/aromatic N) is 2. The van der Waals surface area contributed by atoms with Gasteiger partial charge in [0.05, 0.1) is 23.5 Å². The Balaban J connectivity index is 1.72. The Kier molecular flexibility index (Phi) is 6.03. The summed E-state index contributed by atoms with van der Waals surface area (Å²) < 4.78 is 68.4. The second-order valence-electron chi connectivity index (χ2n) is 7.24. The quantitative estimate of drug-likeness (QED) is 0.333. The van der Waals surface area contributed by atoms with Crippen molar-refractivity contribution in [3.63, 3.8) is 0 Å². The Morgan fingerprint density at radius 1 is 1.00 bits per heavy atom. The highest BCUT2D eigenvalue weighted by Gasteiger charge is 2.35. The second kappa shape index (κ2) is 8.78. The molecule has 0 saturated carbocycles. The maximum Gasteiger partial charge on any atom is 0.435 e. The number of aromatic nitrogens is 2. The number of benzene rings is 2. The van der Waals surface area contributed by atoms with E-state index in [4.69, 9.17) is 5.11 Å². The zero-order valence-corrected chi connectivity index (χ0v) is 17.6. The number of rotatable bonds is 6. The predicted octanol–water partition coefficient (Wildman–Crippen LogP) is 6.25. The molecule has 0 unspecified atom stereocenters. The van der Waals surface area contributed by atoms with Gasteiger partial charge in [-0.05, 0) is 41.5 Å². The normalized spacial score (nSPS) is 11.7. The number of aliphatic carboxylic acids is 1. The zero-order valence-electron chi connectivity index (χ0n) is 16.7. The summed E-state index contributed by atoms with van der Waals surface area (Å²) in [5.41, 5.74) is 0.304. The second-order valence-corrected chi connectivity index (χ2v) is 8.32. The summed E-state index contributed by atoms with van der Waals surface area (Å²) in [5.74, 6) is -2.65. The van der Waals surface area contributed by atoms with Crippen LogP contribution in [0.3, 0.4) is 0 Å². The number of carbonyl (C=O) groups is 1. The van der Waals surface area contributed by atoms with E-state index in [-0.39, 0.29) is 24.2 Å². The average molecular weight is 478 g/mol. The molecule has 0 bridgehead atoms. The highest BCUT2D eigenvalue weighted by Crippen LogP contribution is 2.38. The van der Waals surface area contributed by atoms with Crippen LogP contribution in [-0.2, 0) is 23.9 Å². The third-order valence-corrected chi connectivity index (χ3v) is 5.99. The van der Waals surface area contributed by atoms with Crippen LogP contribution in [0.25, 0.3) is 21.0 Å². The fraction of sp³-hybridized carbons (Fsp3) is 0.130. The van der Waals surface area contributed by atoms with E-state index in [1.54, 1.807) is 36.4 Å². The molecule has 170 valence electrons. The van der Waals surface area contributed by atoms with Gasteiger partial charge in [-0.25, -0.2) is 8.78 Å². The van der Waals surface area contributed by atoms with Crippen molar-refractivity contribution in [3.05, 3.63) is 89.1 Å². The summed E-state index contributed by atoms with van der Waals surface area (Å²) in [4.78, 5) is 12.1. The lowest BCUT2D eigenvalue weighted by Gasteiger charge is -2.08. The van der Waals surface area contributed by atoms with Crippen molar-refractivity contribution in [2.45, 2.75) is 19.1 Å². The molecule has 0 aliphatic carbocycles. The van der Waals surface area contributed by atoms with E-state index in [1.165, 1.54) is 11.3 Å². The van der Waals surface area contributed by atoms with E-state index in [2.05, 4.69) is 5.10 Å². The first-order valence-corrected chi connectivity index (χ1v) is 10.4. The molecule has 0 amide bonds. The number of carboxylic acid groups (broad SMARTS) is 1. The van der Waals surface area contributed by atoms with Gasteiger partial charge in [0.25, 0.3) is 0 Å². The molecule has 0 fully saturated rings. The molecule has 0 atom stereocenters. The Morgan fingerprint density at radius 3 is 2.45 bits per heavy atom. The highest BCUT2D eigenvalue weighted by atomic mass is 32.1. The Labute approximate surface area is 188 Å². The topological polar surface area (TPSA) is 55.1 Å². The van der Waals surface area contributed by atoms with Crippen molar-refractivity contribution in [2.24, 2.45) is 0 Å². The average Bonchev–Trinajstić information content (AvgIpc) is 3.37. The lowest BCUT2D eigenvalue weighted by Crippen LogP contribution is -2.09. The van der Waals surface area contributed by atoms with Crippen LogP contribution in [0, 0.1) is 11.6 Å². The van der Waals surface area contributed by atoms with Crippen molar-refractivity contribution >= 4 is 17.3 Å². The van der Waals surface area contributed by atoms with Crippen molar-refractivity contribution in [2.75, 3.05) is 0 Å². The molecular weight excluding hydrogens is 463 g/mol. The largest absolute Gasteiger partial charge is 0.481 e. The standard InChI is InChI=1S/C23H15F5N2O2S/c24-16-5-4-15(17(25)10-16)12-30-18(11-21(29-30)23(26,27)28)20-7-6-19(33-20)14-3-1-2-13(8-14)9-22(31)32/h1-8,10-11H,9,12H2,(H,31,32). The van der Waals surface area contributed by atoms with Gasteiger partial charge < -0.3 is 5.11 Å². The van der Waals surface area contributed by atoms with E-state index in [0.29, 0.717) is 21.4 Å². The van der Waals surface area contributed by atoms with E-state index in [0.717, 1.165) is 28.4 Å². The van der Waals surface area contributed by atoms with Crippen molar-refractivity contribution < 1.29 is 31.9 Å². The summed E-state index contributed by atoms with van der Waals surface area (Å²) in [6.45, 7) is -0.321. The fourth-order valence-corrected chi connectivity index (χ4v) is 4.35. The van der Waals surface area contributed by atoms with Crippen LogP contribution in [-0.4, -0.2) is 20.9 Å². The van der Waals surface area contributed by atoms with E-state index in [1.807, 2.05) is 0 Å². The van der Waals surface area contributed by atoms with Gasteiger partial charge in [-0.15, -0.1) is 11.3 Å². The third-order valence-electron chi connectivity index (χ3n) is 4.83. The first-order chi connectivity index (χ1) is 15.6. The Hall–Kier alpha value is -3.53. The van der Waals surface area contributed by atoms with E-state index < -0.39 is 29.5 Å². The van der Waals surface area contributed by atoms with Gasteiger partial charge in [-0.2, -0.15) is 18.3 Å². The van der Waals surface area contributed by atoms with Crippen LogP contribution in [0.4, 0.5) is 22.0 Å². The first-order valence-electron chi connectivity index (χ1n) is 9.60. The van der Waals surface area contributed by atoms with Crippen LogP contribution in [0.15, 0.2) is 60.7 Å². The predicted molar refractivity (Wildman–Crippen MR) is 113 cm³/mol. The number of hydrogen-bond acceptors (Lipinski definition) is 3. The summed E-state index contributed by atoms with van der Waals surface area (Å²) in [6.07, 6.45) is -4.86. The van der Waals surface area contributed by atoms with Crippen molar-refractivity contribution in [3.8, 4) is 21.0 Å². The maximum absolute atomic E-state index is 14.1. The van der Waals surface area contributed by atoms with Gasteiger partial charge in [0.15, 0.2) is 5.69 Å². The third kappa shape index (κ3) is 5.11. The molecule has 4 nitrogen and oxygen atoms in total. The molecule has 0 saturated heterocycles. The fourth-order valence-electron chi connectivity index (χ4n) is 3.33. The van der Waals surface area contributed by atoms with Crippen molar-refractivity contribution in [1.29, 1.82) is 0 Å². The first kappa shape index (κ1) is 22.7. The smallest absolute Gasteiger partial charge is 0.435 e. The van der Waals surface area contributed by atoms with Crippen LogP contribution in [0.5, 0.6) is 0 Å². The lowest BCUT2D eigenvalue weighted by atomic mass is 10.1. The van der Waals surface area contributed by atoms with Gasteiger partial charge in [-0.3, -0.25) is 9.48 Å². The molecule has 4 aromatic rings. The van der Waals surface area contributed by atoms with E-state index in [9.17, 15) is 26.7 Å². The SMILES string of the molecule is O=C(O)Cc1cccc(-c2ccc(-c3cc(C(F)(F)F)nn3Cc3ccc(F)cc3F)s2)c1. The molecule has 2 heterocycles. The summed E-state index contributed by atoms with van der Waals surface area (Å²) in [6, 6.07) is 13.9. The number of hydrogen-bond donors (Lipinski definition) is 1. The zero-order chi connectivity index (χ0) is 23.8. The molecule has 2 aromatic heterocycles. The molecule has 1 N–H and O–H groups in total. The minimum Gasteiger partial charge on any atom is -0.481 e. The van der Waals surface area contributed by atoms with Gasteiger partial charge in [0.1, 0.15) is 11.6 Å². The minimum absolute atomic E-state index is 0.00683. The van der Waals surface area contributed by atoms with Gasteiger partial charge in [0, 0.05) is 16.5 Å². The molecule has 0 radical (unpaired) electrons. The summed E-state index contributed by atoms with van der Waals surface area (Å²) in [7, 11) is 0. The number of alkyl halides is 3. The van der Waals surface area contributed by atoms with Gasteiger partial charge >= 0.3 is 12.1 Å². The monoisotopic (exact) mass is 478 g/mol. The molecule has 0 spiro atoms. The van der Waals surface area contributed by atoms with E-state index >= 15 is 0 Å². The maximum atomic E-state index is 14.1. The van der Waals surface area contributed by atoms with Crippen molar-refractivity contribution in [1.82, 2.24) is 9.78 Å². The summed E-state index contributed by atoms with van der Waals surface area (Å²) in [5, 5.41) is 12.6. The van der Waals surface area contributed by atoms with Crippen LogP contribution in [0.2, 0.25) is 0 Å². The van der Waals surface area contributed by atoms with Crippen LogP contribution < -0.4 is 0 Å². The highest BCUT2D eigenvalue weighted by molar-refractivity contribution is 7.18. The Bertz CT molecular complexity index is 1330. The van der Waals surface area contributed by atoms with Gasteiger partial charge in [0.2, 0.25) is 0 Å². The molecule has 33 heavy (non-hydrogen) atoms. The minimum atomic E-state index is -4.70. The molecular formula is C23H15F5N2O2S. The van der Waals surface area contributed by atoms with Crippen LogP contribution >= 0.6 is 11.3 Å². The molecule has 0 aliphatic rings.